The molecule has 0 saturated heterocycles. The van der Waals surface area contributed by atoms with Crippen LogP contribution in [0.2, 0.25) is 5.02 Å². The molecule has 5 heteroatoms. The van der Waals surface area contributed by atoms with Gasteiger partial charge in [0, 0.05) is 17.7 Å². The van der Waals surface area contributed by atoms with Crippen molar-refractivity contribution in [2.75, 3.05) is 19.5 Å². The van der Waals surface area contributed by atoms with E-state index in [-0.39, 0.29) is 11.9 Å². The molecule has 1 N–H and O–H groups in total. The SMILES string of the molecule is COc1cc(NC(C)c2ccccc2F)c(OC)cc1Cl. The lowest BCUT2D eigenvalue weighted by Crippen LogP contribution is -2.09. The number of benzene rings is 2. The molecule has 2 aromatic carbocycles. The third kappa shape index (κ3) is 3.39. The summed E-state index contributed by atoms with van der Waals surface area (Å²) in [5.41, 5.74) is 1.27. The maximum absolute atomic E-state index is 13.8. The molecule has 0 radical (unpaired) electrons. The average Bonchev–Trinajstić information content (AvgIpc) is 2.48. The molecule has 0 aliphatic rings. The molecule has 2 aromatic rings. The van der Waals surface area contributed by atoms with Crippen LogP contribution < -0.4 is 14.8 Å². The van der Waals surface area contributed by atoms with Crippen molar-refractivity contribution in [3.63, 3.8) is 0 Å². The quantitative estimate of drug-likeness (QED) is 0.870. The van der Waals surface area contributed by atoms with Crippen molar-refractivity contribution < 1.29 is 13.9 Å². The smallest absolute Gasteiger partial charge is 0.143 e. The van der Waals surface area contributed by atoms with E-state index in [4.69, 9.17) is 21.1 Å². The van der Waals surface area contributed by atoms with E-state index in [9.17, 15) is 4.39 Å². The van der Waals surface area contributed by atoms with Crippen LogP contribution in [0.15, 0.2) is 36.4 Å². The zero-order valence-electron chi connectivity index (χ0n) is 12.1. The molecule has 0 saturated carbocycles. The summed E-state index contributed by atoms with van der Waals surface area (Å²) in [6.45, 7) is 1.87. The molecule has 0 bridgehead atoms. The summed E-state index contributed by atoms with van der Waals surface area (Å²) in [7, 11) is 3.09. The molecule has 1 atom stereocenters. The lowest BCUT2D eigenvalue weighted by atomic mass is 10.1. The normalized spacial score (nSPS) is 11.9. The highest BCUT2D eigenvalue weighted by Gasteiger charge is 2.15. The lowest BCUT2D eigenvalue weighted by Gasteiger charge is -2.19. The summed E-state index contributed by atoms with van der Waals surface area (Å²) in [6, 6.07) is 9.81. The highest BCUT2D eigenvalue weighted by Crippen LogP contribution is 2.37. The van der Waals surface area contributed by atoms with E-state index >= 15 is 0 Å². The van der Waals surface area contributed by atoms with Gasteiger partial charge >= 0.3 is 0 Å². The van der Waals surface area contributed by atoms with Crippen LogP contribution in [-0.4, -0.2) is 14.2 Å². The number of anilines is 1. The fourth-order valence-electron chi connectivity index (χ4n) is 2.11. The van der Waals surface area contributed by atoms with Crippen LogP contribution in [0.1, 0.15) is 18.5 Å². The van der Waals surface area contributed by atoms with Gasteiger partial charge in [0.25, 0.3) is 0 Å². The number of hydrogen-bond donors (Lipinski definition) is 1. The standard InChI is InChI=1S/C16H17ClFNO2/c1-10(11-6-4-5-7-13(11)18)19-14-9-15(20-2)12(17)8-16(14)21-3/h4-10,19H,1-3H3. The first kappa shape index (κ1) is 15.4. The Hall–Kier alpha value is -1.94. The zero-order chi connectivity index (χ0) is 15.4. The molecule has 0 spiro atoms. The largest absolute Gasteiger partial charge is 0.495 e. The van der Waals surface area contributed by atoms with Crippen LogP contribution in [0.25, 0.3) is 0 Å². The molecule has 0 aliphatic heterocycles. The summed E-state index contributed by atoms with van der Waals surface area (Å²) in [6.07, 6.45) is 0. The summed E-state index contributed by atoms with van der Waals surface area (Å²) in [5, 5.41) is 3.67. The maximum Gasteiger partial charge on any atom is 0.143 e. The molecule has 3 nitrogen and oxygen atoms in total. The van der Waals surface area contributed by atoms with E-state index in [0.29, 0.717) is 27.8 Å². The van der Waals surface area contributed by atoms with Gasteiger partial charge in [-0.1, -0.05) is 29.8 Å². The van der Waals surface area contributed by atoms with Crippen molar-refractivity contribution in [3.8, 4) is 11.5 Å². The summed E-state index contributed by atoms with van der Waals surface area (Å²) < 4.78 is 24.3. The Kier molecular flexibility index (Phi) is 4.91. The van der Waals surface area contributed by atoms with Gasteiger partial charge in [0.2, 0.25) is 0 Å². The second-order valence-corrected chi connectivity index (χ2v) is 4.98. The van der Waals surface area contributed by atoms with Crippen molar-refractivity contribution in [1.82, 2.24) is 0 Å². The Morgan fingerprint density at radius 1 is 1.10 bits per heavy atom. The summed E-state index contributed by atoms with van der Waals surface area (Å²) in [4.78, 5) is 0. The van der Waals surface area contributed by atoms with E-state index in [0.717, 1.165) is 0 Å². The third-order valence-corrected chi connectivity index (χ3v) is 3.51. The molecule has 0 heterocycles. The van der Waals surface area contributed by atoms with Crippen molar-refractivity contribution in [3.05, 3.63) is 52.8 Å². The molecule has 1 unspecified atom stereocenters. The first-order chi connectivity index (χ1) is 10.1. The second-order valence-electron chi connectivity index (χ2n) is 4.57. The highest BCUT2D eigenvalue weighted by atomic mass is 35.5. The van der Waals surface area contributed by atoms with Gasteiger partial charge in [0.15, 0.2) is 0 Å². The third-order valence-electron chi connectivity index (χ3n) is 3.22. The number of hydrogen-bond acceptors (Lipinski definition) is 3. The molecule has 0 aromatic heterocycles. The molecule has 0 aliphatic carbocycles. The molecular weight excluding hydrogens is 293 g/mol. The van der Waals surface area contributed by atoms with Crippen molar-refractivity contribution >= 4 is 17.3 Å². The molecule has 2 rings (SSSR count). The van der Waals surface area contributed by atoms with Gasteiger partial charge in [0.05, 0.1) is 31.0 Å². The zero-order valence-corrected chi connectivity index (χ0v) is 12.9. The summed E-state index contributed by atoms with van der Waals surface area (Å²) in [5.74, 6) is 0.849. The van der Waals surface area contributed by atoms with Crippen LogP contribution in [0.3, 0.4) is 0 Å². The Labute approximate surface area is 128 Å². The number of nitrogens with one attached hydrogen (secondary N) is 1. The minimum atomic E-state index is -0.252. The second kappa shape index (κ2) is 6.68. The van der Waals surface area contributed by atoms with Crippen LogP contribution in [-0.2, 0) is 0 Å². The Balaban J connectivity index is 2.32. The van der Waals surface area contributed by atoms with E-state index < -0.39 is 0 Å². The van der Waals surface area contributed by atoms with E-state index in [1.807, 2.05) is 6.92 Å². The van der Waals surface area contributed by atoms with E-state index in [2.05, 4.69) is 5.32 Å². The number of halogens is 2. The van der Waals surface area contributed by atoms with Gasteiger partial charge in [-0.3, -0.25) is 0 Å². The van der Waals surface area contributed by atoms with Crippen molar-refractivity contribution in [2.24, 2.45) is 0 Å². The first-order valence-electron chi connectivity index (χ1n) is 6.49. The lowest BCUT2D eigenvalue weighted by molar-refractivity contribution is 0.404. The average molecular weight is 310 g/mol. The van der Waals surface area contributed by atoms with Gasteiger partial charge in [-0.2, -0.15) is 0 Å². The van der Waals surface area contributed by atoms with Crippen LogP contribution >= 0.6 is 11.6 Å². The van der Waals surface area contributed by atoms with Crippen LogP contribution in [0.4, 0.5) is 10.1 Å². The minimum absolute atomic E-state index is 0.231. The maximum atomic E-state index is 13.8. The van der Waals surface area contributed by atoms with Gasteiger partial charge < -0.3 is 14.8 Å². The predicted octanol–water partition coefficient (Wildman–Crippen LogP) is 4.67. The van der Waals surface area contributed by atoms with Gasteiger partial charge in [-0.25, -0.2) is 4.39 Å². The topological polar surface area (TPSA) is 30.5 Å². The molecular formula is C16H17ClFNO2. The van der Waals surface area contributed by atoms with Crippen LogP contribution in [0, 0.1) is 5.82 Å². The Bertz CT molecular complexity index is 634. The first-order valence-corrected chi connectivity index (χ1v) is 6.87. The molecule has 0 amide bonds. The number of ether oxygens (including phenoxy) is 2. The molecule has 112 valence electrons. The number of methoxy groups -OCH3 is 2. The fourth-order valence-corrected chi connectivity index (χ4v) is 2.34. The minimum Gasteiger partial charge on any atom is -0.495 e. The molecule has 21 heavy (non-hydrogen) atoms. The fraction of sp³-hybridized carbons (Fsp3) is 0.250. The highest BCUT2D eigenvalue weighted by molar-refractivity contribution is 6.32. The monoisotopic (exact) mass is 309 g/mol. The number of rotatable bonds is 5. The predicted molar refractivity (Wildman–Crippen MR) is 83.0 cm³/mol. The van der Waals surface area contributed by atoms with Gasteiger partial charge in [-0.15, -0.1) is 0 Å². The van der Waals surface area contributed by atoms with Crippen molar-refractivity contribution in [1.29, 1.82) is 0 Å². The van der Waals surface area contributed by atoms with Crippen LogP contribution in [0.5, 0.6) is 11.5 Å². The van der Waals surface area contributed by atoms with Gasteiger partial charge in [-0.05, 0) is 13.0 Å². The van der Waals surface area contributed by atoms with E-state index in [1.54, 1.807) is 37.4 Å². The Morgan fingerprint density at radius 3 is 2.38 bits per heavy atom. The van der Waals surface area contributed by atoms with Gasteiger partial charge in [0.1, 0.15) is 17.3 Å². The van der Waals surface area contributed by atoms with Crippen molar-refractivity contribution in [2.45, 2.75) is 13.0 Å². The molecule has 0 fully saturated rings. The Morgan fingerprint density at radius 2 is 1.76 bits per heavy atom. The summed E-state index contributed by atoms with van der Waals surface area (Å²) >= 11 is 6.07. The van der Waals surface area contributed by atoms with E-state index in [1.165, 1.54) is 13.2 Å².